The Labute approximate surface area is 142 Å². The first-order valence-corrected chi connectivity index (χ1v) is 10.1. The van der Waals surface area contributed by atoms with Gasteiger partial charge in [0.25, 0.3) is 0 Å². The molecule has 0 aliphatic heterocycles. The Morgan fingerprint density at radius 3 is 2.67 bits per heavy atom. The van der Waals surface area contributed by atoms with E-state index < -0.39 is 0 Å². The van der Waals surface area contributed by atoms with E-state index in [9.17, 15) is 4.79 Å². The summed E-state index contributed by atoms with van der Waals surface area (Å²) in [7, 11) is 0. The Kier molecular flexibility index (Phi) is 4.60. The van der Waals surface area contributed by atoms with Crippen LogP contribution in [0.25, 0.3) is 0 Å². The Morgan fingerprint density at radius 2 is 2.00 bits per heavy atom. The molecule has 3 saturated carbocycles. The molecule has 3 aliphatic carbocycles. The Hall–Kier alpha value is 0.200. The van der Waals surface area contributed by atoms with Gasteiger partial charge in [0.1, 0.15) is 9.53 Å². The van der Waals surface area contributed by atoms with Gasteiger partial charge < -0.3 is 4.74 Å². The number of alkyl halides is 1. The molecule has 0 spiro atoms. The molecule has 0 aromatic carbocycles. The number of carbonyl (C=O) groups is 1. The fourth-order valence-electron chi connectivity index (χ4n) is 5.68. The summed E-state index contributed by atoms with van der Waals surface area (Å²) in [6, 6.07) is 0. The lowest BCUT2D eigenvalue weighted by molar-refractivity contribution is -0.178. The number of halogens is 1. The zero-order valence-corrected chi connectivity index (χ0v) is 15.8. The van der Waals surface area contributed by atoms with Gasteiger partial charge in [-0.25, -0.2) is 0 Å². The standard InChI is InChI=1S/C18H29IO2/c1-4-11(3)18(21-17(20)16(19)5-2)10-12-9-15(18)14-8-6-7-13(12)14/h11-16H,4-10H2,1-3H3. The highest BCUT2D eigenvalue weighted by Crippen LogP contribution is 2.65. The topological polar surface area (TPSA) is 26.3 Å². The molecular formula is C18H29IO2. The molecule has 3 fully saturated rings. The van der Waals surface area contributed by atoms with Crippen LogP contribution in [-0.4, -0.2) is 15.5 Å². The number of ether oxygens (including phenoxy) is 1. The van der Waals surface area contributed by atoms with Crippen molar-refractivity contribution in [1.82, 2.24) is 0 Å². The molecule has 3 heteroatoms. The number of hydrogen-bond acceptors (Lipinski definition) is 2. The minimum Gasteiger partial charge on any atom is -0.458 e. The lowest BCUT2D eigenvalue weighted by Crippen LogP contribution is -2.50. The third kappa shape index (κ3) is 2.46. The summed E-state index contributed by atoms with van der Waals surface area (Å²) in [5, 5.41) is 0. The van der Waals surface area contributed by atoms with E-state index in [1.165, 1.54) is 25.7 Å². The SMILES string of the molecule is CCC(I)C(=O)OC1(C(C)CC)CC2CC1C1CCCC21. The van der Waals surface area contributed by atoms with Gasteiger partial charge in [-0.15, -0.1) is 0 Å². The van der Waals surface area contributed by atoms with Gasteiger partial charge in [-0.3, -0.25) is 4.79 Å². The predicted octanol–water partition coefficient (Wildman–Crippen LogP) is 4.98. The quantitative estimate of drug-likeness (QED) is 0.367. The van der Waals surface area contributed by atoms with Crippen molar-refractivity contribution < 1.29 is 9.53 Å². The van der Waals surface area contributed by atoms with Gasteiger partial charge in [-0.05, 0) is 62.2 Å². The molecule has 0 aromatic rings. The summed E-state index contributed by atoms with van der Waals surface area (Å²) in [5.41, 5.74) is -0.138. The first-order valence-electron chi connectivity index (χ1n) is 8.90. The molecule has 0 N–H and O–H groups in total. The normalized spacial score (nSPS) is 43.6. The Bertz CT molecular complexity index is 410. The Balaban J connectivity index is 1.84. The van der Waals surface area contributed by atoms with E-state index in [1.807, 2.05) is 0 Å². The van der Waals surface area contributed by atoms with Crippen LogP contribution in [0, 0.1) is 29.6 Å². The first kappa shape index (κ1) is 16.1. The number of carbonyl (C=O) groups excluding carboxylic acids is 1. The lowest BCUT2D eigenvalue weighted by atomic mass is 9.67. The molecular weight excluding hydrogens is 375 g/mol. The minimum atomic E-state index is -0.138. The molecule has 0 saturated heterocycles. The smallest absolute Gasteiger partial charge is 0.319 e. The van der Waals surface area contributed by atoms with E-state index in [0.29, 0.717) is 11.8 Å². The van der Waals surface area contributed by atoms with Crippen LogP contribution in [0.4, 0.5) is 0 Å². The maximum atomic E-state index is 12.5. The third-order valence-electron chi connectivity index (χ3n) is 6.86. The average Bonchev–Trinajstić information content (AvgIpc) is 3.16. The van der Waals surface area contributed by atoms with Crippen LogP contribution in [0.3, 0.4) is 0 Å². The van der Waals surface area contributed by atoms with E-state index in [0.717, 1.165) is 37.0 Å². The van der Waals surface area contributed by atoms with Crippen LogP contribution in [0.15, 0.2) is 0 Å². The zero-order chi connectivity index (χ0) is 15.2. The van der Waals surface area contributed by atoms with Gasteiger partial charge in [0.15, 0.2) is 0 Å². The van der Waals surface area contributed by atoms with Crippen LogP contribution in [-0.2, 0) is 9.53 Å². The van der Waals surface area contributed by atoms with Crippen LogP contribution in [0.5, 0.6) is 0 Å². The molecule has 2 bridgehead atoms. The van der Waals surface area contributed by atoms with Crippen LogP contribution < -0.4 is 0 Å². The number of hydrogen-bond donors (Lipinski definition) is 0. The summed E-state index contributed by atoms with van der Waals surface area (Å²) in [6.45, 7) is 6.63. The number of rotatable bonds is 5. The van der Waals surface area contributed by atoms with Gasteiger partial charge in [-0.2, -0.15) is 0 Å². The highest BCUT2D eigenvalue weighted by molar-refractivity contribution is 14.1. The summed E-state index contributed by atoms with van der Waals surface area (Å²) >= 11 is 2.25. The fourth-order valence-corrected chi connectivity index (χ4v) is 5.81. The monoisotopic (exact) mass is 404 g/mol. The lowest BCUT2D eigenvalue weighted by Gasteiger charge is -2.46. The van der Waals surface area contributed by atoms with Gasteiger partial charge in [-0.1, -0.05) is 49.8 Å². The molecule has 21 heavy (non-hydrogen) atoms. The van der Waals surface area contributed by atoms with E-state index in [4.69, 9.17) is 4.74 Å². The van der Waals surface area contributed by atoms with E-state index in [1.54, 1.807) is 0 Å². The van der Waals surface area contributed by atoms with Crippen molar-refractivity contribution in [2.75, 3.05) is 0 Å². The van der Waals surface area contributed by atoms with Gasteiger partial charge in [0.2, 0.25) is 0 Å². The first-order chi connectivity index (χ1) is 10.0. The second kappa shape index (κ2) is 6.01. The van der Waals surface area contributed by atoms with Crippen molar-refractivity contribution >= 4 is 28.6 Å². The molecule has 3 rings (SSSR count). The van der Waals surface area contributed by atoms with Gasteiger partial charge in [0, 0.05) is 5.92 Å². The van der Waals surface area contributed by atoms with Crippen LogP contribution in [0.1, 0.15) is 65.7 Å². The average molecular weight is 404 g/mol. The highest BCUT2D eigenvalue weighted by Gasteiger charge is 2.64. The second-order valence-corrected chi connectivity index (χ2v) is 9.13. The molecule has 0 aromatic heterocycles. The van der Waals surface area contributed by atoms with Crippen molar-refractivity contribution in [3.63, 3.8) is 0 Å². The maximum absolute atomic E-state index is 12.5. The van der Waals surface area contributed by atoms with Gasteiger partial charge >= 0.3 is 5.97 Å². The summed E-state index contributed by atoms with van der Waals surface area (Å²) in [6.07, 6.45) is 8.67. The van der Waals surface area contributed by atoms with Gasteiger partial charge in [0.05, 0.1) is 0 Å². The predicted molar refractivity (Wildman–Crippen MR) is 93.4 cm³/mol. The second-order valence-electron chi connectivity index (χ2n) is 7.63. The van der Waals surface area contributed by atoms with Crippen molar-refractivity contribution in [1.29, 1.82) is 0 Å². The maximum Gasteiger partial charge on any atom is 0.319 e. The van der Waals surface area contributed by atoms with Crippen LogP contribution >= 0.6 is 22.6 Å². The summed E-state index contributed by atoms with van der Waals surface area (Å²) < 4.78 is 6.32. The van der Waals surface area contributed by atoms with Crippen molar-refractivity contribution in [3.8, 4) is 0 Å². The molecule has 0 heterocycles. The fraction of sp³-hybridized carbons (Fsp3) is 0.944. The van der Waals surface area contributed by atoms with Crippen molar-refractivity contribution in [3.05, 3.63) is 0 Å². The molecule has 2 nitrogen and oxygen atoms in total. The third-order valence-corrected chi connectivity index (χ3v) is 8.25. The number of esters is 1. The van der Waals surface area contributed by atoms with E-state index in [2.05, 4.69) is 43.4 Å². The van der Waals surface area contributed by atoms with Crippen molar-refractivity contribution in [2.45, 2.75) is 75.2 Å². The largest absolute Gasteiger partial charge is 0.458 e. The highest BCUT2D eigenvalue weighted by atomic mass is 127. The summed E-state index contributed by atoms with van der Waals surface area (Å²) in [4.78, 5) is 12.5. The molecule has 0 amide bonds. The molecule has 7 unspecified atom stereocenters. The summed E-state index contributed by atoms with van der Waals surface area (Å²) in [5.74, 6) is 3.82. The molecule has 0 radical (unpaired) electrons. The number of fused-ring (bicyclic) bond motifs is 5. The van der Waals surface area contributed by atoms with Crippen LogP contribution in [0.2, 0.25) is 0 Å². The Morgan fingerprint density at radius 1 is 1.29 bits per heavy atom. The molecule has 3 aliphatic rings. The van der Waals surface area contributed by atoms with E-state index >= 15 is 0 Å². The minimum absolute atomic E-state index is 0.0158. The van der Waals surface area contributed by atoms with Crippen molar-refractivity contribution in [2.24, 2.45) is 29.6 Å². The zero-order valence-electron chi connectivity index (χ0n) is 13.6. The van der Waals surface area contributed by atoms with E-state index in [-0.39, 0.29) is 15.5 Å². The molecule has 7 atom stereocenters. The molecule has 120 valence electrons.